The van der Waals surface area contributed by atoms with Gasteiger partial charge in [-0.1, -0.05) is 51.9 Å². The quantitative estimate of drug-likeness (QED) is 0.247. The van der Waals surface area contributed by atoms with Gasteiger partial charge in [0.1, 0.15) is 4.31 Å². The molecule has 0 bridgehead atoms. The fourth-order valence-electron chi connectivity index (χ4n) is 1.30. The van der Waals surface area contributed by atoms with E-state index in [-0.39, 0.29) is 59.1 Å². The second kappa shape index (κ2) is 26.0. The zero-order chi connectivity index (χ0) is 14.2. The number of aliphatic hydroxyl groups excluding tert-OH is 1. The number of aliphatic hydroxyl groups is 1. The second-order valence-corrected chi connectivity index (χ2v) is 5.27. The average Bonchev–Trinajstić information content (AvgIpc) is 2.27. The predicted octanol–water partition coefficient (Wildman–Crippen LogP) is -3.83. The van der Waals surface area contributed by atoms with Crippen molar-refractivity contribution >= 4 is 16.5 Å². The fraction of sp³-hybridized carbons (Fsp3) is 1.00. The van der Waals surface area contributed by atoms with E-state index in [9.17, 15) is 18.9 Å². The Morgan fingerprint density at radius 1 is 0.850 bits per heavy atom. The van der Waals surface area contributed by atoms with Crippen molar-refractivity contribution in [2.24, 2.45) is 0 Å². The number of rotatable bonds is 10. The minimum absolute atomic E-state index is 0. The van der Waals surface area contributed by atoms with E-state index in [1.54, 1.807) is 0 Å². The van der Waals surface area contributed by atoms with Crippen molar-refractivity contribution in [2.75, 3.05) is 6.61 Å². The van der Waals surface area contributed by atoms with Crippen molar-refractivity contribution in [2.45, 2.75) is 58.3 Å². The van der Waals surface area contributed by atoms with E-state index in [1.807, 2.05) is 0 Å². The molecule has 0 aliphatic heterocycles. The van der Waals surface area contributed by atoms with E-state index < -0.39 is 16.5 Å². The molecular weight excluding hydrogens is 324 g/mol. The molecule has 0 saturated carbocycles. The molecule has 0 saturated heterocycles. The first-order valence-electron chi connectivity index (χ1n) is 6.12. The average molecular weight is 346 g/mol. The van der Waals surface area contributed by atoms with E-state index in [0.717, 1.165) is 6.42 Å². The Hall–Kier alpha value is 2.04. The van der Waals surface area contributed by atoms with Crippen LogP contribution in [0.1, 0.15) is 58.3 Å². The number of hydrogen-bond acceptors (Lipinski definition) is 6. The van der Waals surface area contributed by atoms with Gasteiger partial charge in [0.2, 0.25) is 0 Å². The third-order valence-electron chi connectivity index (χ3n) is 2.15. The van der Waals surface area contributed by atoms with Gasteiger partial charge in [-0.25, -0.2) is 0 Å². The summed E-state index contributed by atoms with van der Waals surface area (Å²) in [7, 11) is -6.47. The SMILES string of the molecule is CCCCCCCCCCO.O=[P+]([O-])O[P+](=O)[O-].[Na+].[Na+]. The van der Waals surface area contributed by atoms with Gasteiger partial charge in [0.05, 0.1) is 0 Å². The molecule has 0 amide bonds. The summed E-state index contributed by atoms with van der Waals surface area (Å²) in [6.07, 6.45) is 10.4. The van der Waals surface area contributed by atoms with Crippen LogP contribution in [0.4, 0.5) is 0 Å². The molecule has 20 heavy (non-hydrogen) atoms. The monoisotopic (exact) mass is 346 g/mol. The third-order valence-corrected chi connectivity index (χ3v) is 3.21. The van der Waals surface area contributed by atoms with Gasteiger partial charge in [0.15, 0.2) is 0 Å². The van der Waals surface area contributed by atoms with E-state index in [1.165, 1.54) is 44.9 Å². The molecule has 0 aromatic rings. The third kappa shape index (κ3) is 36.9. The Morgan fingerprint density at radius 2 is 1.20 bits per heavy atom. The van der Waals surface area contributed by atoms with Gasteiger partial charge in [-0.3, -0.25) is 0 Å². The van der Waals surface area contributed by atoms with Crippen LogP contribution in [-0.2, 0) is 13.4 Å². The van der Waals surface area contributed by atoms with E-state index in [4.69, 9.17) is 5.11 Å². The van der Waals surface area contributed by atoms with Crippen molar-refractivity contribution in [1.82, 2.24) is 0 Å². The van der Waals surface area contributed by atoms with Crippen LogP contribution in [0.3, 0.4) is 0 Å². The van der Waals surface area contributed by atoms with Crippen molar-refractivity contribution in [3.8, 4) is 0 Å². The fourth-order valence-corrected chi connectivity index (χ4v) is 1.74. The first kappa shape index (κ1) is 30.0. The minimum Gasteiger partial charge on any atom is -0.563 e. The molecule has 0 aromatic carbocycles. The van der Waals surface area contributed by atoms with Crippen LogP contribution in [0, 0.1) is 0 Å². The zero-order valence-corrected chi connectivity index (χ0v) is 18.5. The summed E-state index contributed by atoms with van der Waals surface area (Å²) < 4.78 is 21.6. The topological polar surface area (TPSA) is 110 Å². The minimum atomic E-state index is -3.24. The first-order chi connectivity index (χ1) is 8.54. The van der Waals surface area contributed by atoms with E-state index >= 15 is 0 Å². The van der Waals surface area contributed by atoms with E-state index in [0.29, 0.717) is 6.61 Å². The maximum Gasteiger partial charge on any atom is 1.00 e. The van der Waals surface area contributed by atoms with Crippen molar-refractivity contribution in [3.05, 3.63) is 0 Å². The van der Waals surface area contributed by atoms with Gasteiger partial charge in [-0.15, -0.1) is 0 Å². The molecule has 6 nitrogen and oxygen atoms in total. The molecule has 2 atom stereocenters. The predicted molar refractivity (Wildman–Crippen MR) is 66.0 cm³/mol. The number of hydrogen-bond donors (Lipinski definition) is 1. The van der Waals surface area contributed by atoms with Crippen molar-refractivity contribution in [3.63, 3.8) is 0 Å². The summed E-state index contributed by atoms with van der Waals surface area (Å²) in [4.78, 5) is 18.5. The summed E-state index contributed by atoms with van der Waals surface area (Å²) in [5.74, 6) is 0. The Labute approximate surface area is 167 Å². The molecule has 0 heterocycles. The molecule has 108 valence electrons. The standard InChI is InChI=1S/C10H22O.2Na.O5P2/c1-2-3-4-5-6-7-8-9-10-11;;;1-6(2)5-7(3)4/h11H,2-10H2,1H3;;;/q;2*+1;. The van der Waals surface area contributed by atoms with Crippen LogP contribution in [0.5, 0.6) is 0 Å². The summed E-state index contributed by atoms with van der Waals surface area (Å²) in [6.45, 7) is 2.61. The molecule has 0 radical (unpaired) electrons. The molecule has 0 fully saturated rings. The van der Waals surface area contributed by atoms with Crippen LogP contribution >= 0.6 is 16.5 Å². The Balaban J connectivity index is -0.000000126. The molecular formula is C10H22Na2O6P2+2. The molecule has 0 spiro atoms. The first-order valence-corrected chi connectivity index (χ1v) is 8.31. The zero-order valence-electron chi connectivity index (χ0n) is 12.7. The van der Waals surface area contributed by atoms with Gasteiger partial charge < -0.3 is 14.9 Å². The van der Waals surface area contributed by atoms with E-state index in [2.05, 4.69) is 11.2 Å². The maximum atomic E-state index is 9.24. The molecule has 0 aliphatic rings. The van der Waals surface area contributed by atoms with Gasteiger partial charge in [-0.2, -0.15) is 0 Å². The summed E-state index contributed by atoms with van der Waals surface area (Å²) in [5.41, 5.74) is 0. The summed E-state index contributed by atoms with van der Waals surface area (Å²) in [6, 6.07) is 0. The van der Waals surface area contributed by atoms with Crippen molar-refractivity contribution in [1.29, 1.82) is 0 Å². The van der Waals surface area contributed by atoms with Crippen LogP contribution < -0.4 is 68.9 Å². The maximum absolute atomic E-state index is 9.24. The summed E-state index contributed by atoms with van der Waals surface area (Å²) >= 11 is 0. The Bertz CT molecular complexity index is 202. The Kier molecular flexibility index (Phi) is 38.9. The second-order valence-electron chi connectivity index (χ2n) is 3.73. The summed E-state index contributed by atoms with van der Waals surface area (Å²) in [5, 5.41) is 8.51. The largest absolute Gasteiger partial charge is 1.00 e. The van der Waals surface area contributed by atoms with Gasteiger partial charge >= 0.3 is 75.6 Å². The van der Waals surface area contributed by atoms with Gasteiger partial charge in [0, 0.05) is 6.61 Å². The van der Waals surface area contributed by atoms with Gasteiger partial charge in [0.25, 0.3) is 0 Å². The molecule has 0 aliphatic carbocycles. The van der Waals surface area contributed by atoms with Crippen LogP contribution in [-0.4, -0.2) is 11.7 Å². The smallest absolute Gasteiger partial charge is 0.563 e. The molecule has 10 heteroatoms. The van der Waals surface area contributed by atoms with Crippen LogP contribution in [0.15, 0.2) is 0 Å². The molecule has 0 rings (SSSR count). The van der Waals surface area contributed by atoms with Crippen LogP contribution in [0.2, 0.25) is 0 Å². The van der Waals surface area contributed by atoms with Gasteiger partial charge in [-0.05, 0) is 15.6 Å². The molecule has 0 aromatic heterocycles. The molecule has 2 unspecified atom stereocenters. The molecule has 1 N–H and O–H groups in total. The van der Waals surface area contributed by atoms with Crippen molar-refractivity contribution < 1.29 is 87.4 Å². The normalized spacial score (nSPS) is 10.4. The van der Waals surface area contributed by atoms with Crippen LogP contribution in [0.25, 0.3) is 0 Å². The Morgan fingerprint density at radius 3 is 1.45 bits per heavy atom. The number of unbranched alkanes of at least 4 members (excludes halogenated alkanes) is 7.